The molecule has 26 heavy (non-hydrogen) atoms. The summed E-state index contributed by atoms with van der Waals surface area (Å²) in [7, 11) is 0. The van der Waals surface area contributed by atoms with Crippen LogP contribution in [0.4, 0.5) is 5.69 Å². The Morgan fingerprint density at radius 1 is 1.23 bits per heavy atom. The monoisotopic (exact) mass is 389 g/mol. The van der Waals surface area contributed by atoms with Gasteiger partial charge in [-0.1, -0.05) is 11.6 Å². The van der Waals surface area contributed by atoms with Crippen LogP contribution in [0.15, 0.2) is 0 Å². The fourth-order valence-electron chi connectivity index (χ4n) is 3.09. The molecule has 2 fully saturated rings. The first-order chi connectivity index (χ1) is 12.7. The van der Waals surface area contributed by atoms with E-state index in [0.29, 0.717) is 39.1 Å². The minimum atomic E-state index is -0.549. The zero-order chi connectivity index (χ0) is 18.4. The van der Waals surface area contributed by atoms with Gasteiger partial charge >= 0.3 is 11.6 Å². The van der Waals surface area contributed by atoms with Gasteiger partial charge in [-0.15, -0.1) is 5.10 Å². The van der Waals surface area contributed by atoms with Gasteiger partial charge in [0.1, 0.15) is 0 Å². The van der Waals surface area contributed by atoms with Crippen LogP contribution in [0, 0.1) is 10.1 Å². The lowest BCUT2D eigenvalue weighted by Gasteiger charge is -2.22. The molecule has 1 atom stereocenters. The summed E-state index contributed by atoms with van der Waals surface area (Å²) in [4.78, 5) is 10.8. The van der Waals surface area contributed by atoms with Crippen LogP contribution in [-0.2, 0) is 14.2 Å². The highest BCUT2D eigenvalue weighted by Crippen LogP contribution is 2.37. The second-order valence-corrected chi connectivity index (χ2v) is 6.72. The van der Waals surface area contributed by atoms with Crippen molar-refractivity contribution in [2.45, 2.75) is 50.9 Å². The van der Waals surface area contributed by atoms with Crippen LogP contribution < -0.4 is 4.74 Å². The van der Waals surface area contributed by atoms with E-state index in [9.17, 15) is 10.1 Å². The topological polar surface area (TPSA) is 97.9 Å². The summed E-state index contributed by atoms with van der Waals surface area (Å²) in [6.45, 7) is 2.63. The molecular formula is C16H24ClN3O6. The molecule has 3 rings (SSSR count). The first-order valence-corrected chi connectivity index (χ1v) is 9.40. The number of ether oxygens (including phenoxy) is 4. The predicted octanol–water partition coefficient (Wildman–Crippen LogP) is 3.11. The van der Waals surface area contributed by atoms with Crippen LogP contribution in [0.1, 0.15) is 44.6 Å². The van der Waals surface area contributed by atoms with Crippen molar-refractivity contribution in [3.63, 3.8) is 0 Å². The Morgan fingerprint density at radius 2 is 2.04 bits per heavy atom. The lowest BCUT2D eigenvalue weighted by atomic mass is 10.1. The Balaban J connectivity index is 1.53. The Morgan fingerprint density at radius 3 is 2.73 bits per heavy atom. The van der Waals surface area contributed by atoms with Gasteiger partial charge in [-0.05, 0) is 32.1 Å². The molecule has 146 valence electrons. The molecule has 10 heteroatoms. The van der Waals surface area contributed by atoms with Gasteiger partial charge in [-0.25, -0.2) is 4.68 Å². The largest absolute Gasteiger partial charge is 0.472 e. The Kier molecular flexibility index (Phi) is 7.07. The third-order valence-corrected chi connectivity index (χ3v) is 4.84. The number of halogens is 1. The summed E-state index contributed by atoms with van der Waals surface area (Å²) in [5.74, 6) is -0.0413. The molecule has 2 aliphatic rings. The van der Waals surface area contributed by atoms with Crippen LogP contribution >= 0.6 is 11.6 Å². The maximum Gasteiger partial charge on any atom is 0.368 e. The van der Waals surface area contributed by atoms with Gasteiger partial charge in [0, 0.05) is 26.2 Å². The lowest BCUT2D eigenvalue weighted by Crippen LogP contribution is -2.23. The van der Waals surface area contributed by atoms with E-state index >= 15 is 0 Å². The zero-order valence-corrected chi connectivity index (χ0v) is 15.4. The zero-order valence-electron chi connectivity index (χ0n) is 14.6. The van der Waals surface area contributed by atoms with Gasteiger partial charge in [0.25, 0.3) is 0 Å². The van der Waals surface area contributed by atoms with Crippen molar-refractivity contribution in [3.8, 4) is 5.88 Å². The van der Waals surface area contributed by atoms with E-state index in [0.717, 1.165) is 25.9 Å². The van der Waals surface area contributed by atoms with E-state index in [4.69, 9.17) is 30.5 Å². The number of hydrogen-bond donors (Lipinski definition) is 0. The molecule has 3 heterocycles. The van der Waals surface area contributed by atoms with Crippen molar-refractivity contribution in [3.05, 3.63) is 15.3 Å². The highest BCUT2D eigenvalue weighted by molar-refractivity contribution is 6.32. The molecular weight excluding hydrogens is 366 g/mol. The minimum Gasteiger partial charge on any atom is -0.472 e. The Labute approximate surface area is 156 Å². The van der Waals surface area contributed by atoms with Crippen LogP contribution in [0.3, 0.4) is 0 Å². The summed E-state index contributed by atoms with van der Waals surface area (Å²) in [5, 5.41) is 15.6. The van der Waals surface area contributed by atoms with Crippen molar-refractivity contribution in [2.24, 2.45) is 0 Å². The van der Waals surface area contributed by atoms with Crippen molar-refractivity contribution in [2.75, 3.05) is 33.0 Å². The number of nitro groups is 1. The molecule has 0 bridgehead atoms. The van der Waals surface area contributed by atoms with E-state index in [2.05, 4.69) is 5.10 Å². The molecule has 0 N–H and O–H groups in total. The molecule has 1 aromatic rings. The highest BCUT2D eigenvalue weighted by atomic mass is 35.5. The maximum atomic E-state index is 11.4. The Bertz CT molecular complexity index is 599. The normalized spacial score (nSPS) is 21.7. The second kappa shape index (κ2) is 9.50. The number of hydrogen-bond acceptors (Lipinski definition) is 7. The van der Waals surface area contributed by atoms with Crippen LogP contribution in [0.25, 0.3) is 0 Å². The smallest absolute Gasteiger partial charge is 0.368 e. The molecule has 1 unspecified atom stereocenters. The fourth-order valence-corrected chi connectivity index (χ4v) is 3.42. The average Bonchev–Trinajstić information content (AvgIpc) is 2.99. The van der Waals surface area contributed by atoms with E-state index in [1.54, 1.807) is 0 Å². The first-order valence-electron chi connectivity index (χ1n) is 9.03. The first kappa shape index (κ1) is 19.3. The molecule has 9 nitrogen and oxygen atoms in total. The summed E-state index contributed by atoms with van der Waals surface area (Å²) >= 11 is 6.20. The van der Waals surface area contributed by atoms with Crippen molar-refractivity contribution in [1.82, 2.24) is 9.78 Å². The summed E-state index contributed by atoms with van der Waals surface area (Å²) in [6.07, 6.45) is 4.94. The van der Waals surface area contributed by atoms with Gasteiger partial charge in [0.15, 0.2) is 6.29 Å². The van der Waals surface area contributed by atoms with Gasteiger partial charge in [-0.2, -0.15) is 0 Å². The third-order valence-electron chi connectivity index (χ3n) is 4.49. The molecule has 0 saturated carbocycles. The van der Waals surface area contributed by atoms with Crippen LogP contribution in [0.5, 0.6) is 5.88 Å². The Hall–Kier alpha value is -1.42. The van der Waals surface area contributed by atoms with Gasteiger partial charge < -0.3 is 18.9 Å². The van der Waals surface area contributed by atoms with Crippen molar-refractivity contribution in [1.29, 1.82) is 0 Å². The number of rotatable bonds is 8. The van der Waals surface area contributed by atoms with Crippen LogP contribution in [0.2, 0.25) is 5.15 Å². The molecule has 0 aliphatic carbocycles. The standard InChI is InChI=1S/C16H24ClN3O6/c17-15-14(20(21)22)16(18-19(15)12-5-10-23-11-6-12)26-9-3-8-25-13-4-1-2-7-24-13/h12-13H,1-11H2. The van der Waals surface area contributed by atoms with E-state index < -0.39 is 4.92 Å². The third kappa shape index (κ3) is 4.85. The number of nitrogens with zero attached hydrogens (tertiary/aromatic N) is 3. The van der Waals surface area contributed by atoms with Crippen LogP contribution in [-0.4, -0.2) is 54.0 Å². The molecule has 0 radical (unpaired) electrons. The summed E-state index contributed by atoms with van der Waals surface area (Å²) < 4.78 is 23.4. The fraction of sp³-hybridized carbons (Fsp3) is 0.812. The molecule has 0 amide bonds. The minimum absolute atomic E-state index is 0.00348. The lowest BCUT2D eigenvalue weighted by molar-refractivity contribution is -0.385. The second-order valence-electron chi connectivity index (χ2n) is 6.36. The molecule has 2 aliphatic heterocycles. The van der Waals surface area contributed by atoms with Gasteiger partial charge in [0.05, 0.1) is 24.2 Å². The molecule has 1 aromatic heterocycles. The summed E-state index contributed by atoms with van der Waals surface area (Å²) in [5.41, 5.74) is -0.283. The molecule has 2 saturated heterocycles. The van der Waals surface area contributed by atoms with E-state index in [1.807, 2.05) is 0 Å². The predicted molar refractivity (Wildman–Crippen MR) is 92.6 cm³/mol. The molecule has 0 aromatic carbocycles. The van der Waals surface area contributed by atoms with Gasteiger partial charge in [0.2, 0.25) is 5.15 Å². The van der Waals surface area contributed by atoms with Crippen molar-refractivity contribution < 1.29 is 23.9 Å². The maximum absolute atomic E-state index is 11.4. The van der Waals surface area contributed by atoms with Crippen molar-refractivity contribution >= 4 is 17.3 Å². The van der Waals surface area contributed by atoms with Gasteiger partial charge in [-0.3, -0.25) is 10.1 Å². The SMILES string of the molecule is O=[N+]([O-])c1c(OCCCOC2CCCCO2)nn(C2CCOCC2)c1Cl. The highest BCUT2D eigenvalue weighted by Gasteiger charge is 2.32. The quantitative estimate of drug-likeness (QED) is 0.382. The van der Waals surface area contributed by atoms with E-state index in [-0.39, 0.29) is 35.7 Å². The number of aromatic nitrogens is 2. The molecule has 0 spiro atoms. The average molecular weight is 390 g/mol. The summed E-state index contributed by atoms with van der Waals surface area (Å²) in [6, 6.07) is -0.0147. The van der Waals surface area contributed by atoms with E-state index in [1.165, 1.54) is 4.68 Å².